The summed E-state index contributed by atoms with van der Waals surface area (Å²) in [5.74, 6) is 0. The first kappa shape index (κ1) is 9.02. The molecule has 14 heavy (non-hydrogen) atoms. The zero-order valence-electron chi connectivity index (χ0n) is 7.37. The number of H-pyrrole nitrogens is 1. The predicted octanol–water partition coefficient (Wildman–Crippen LogP) is 0.880. The van der Waals surface area contributed by atoms with Crippen LogP contribution in [-0.4, -0.2) is 9.55 Å². The van der Waals surface area contributed by atoms with Crippen LogP contribution in [0.3, 0.4) is 0 Å². The molecule has 72 valence electrons. The number of aryl methyl sites for hydroxylation is 1. The third kappa shape index (κ3) is 1.24. The highest BCUT2D eigenvalue weighted by Crippen LogP contribution is 2.16. The molecule has 0 aliphatic heterocycles. The van der Waals surface area contributed by atoms with Crippen molar-refractivity contribution in [2.24, 2.45) is 7.05 Å². The number of halogens is 1. The molecule has 0 atom stereocenters. The molecule has 0 bridgehead atoms. The van der Waals surface area contributed by atoms with Crippen molar-refractivity contribution in [2.75, 3.05) is 0 Å². The average molecular weight is 211 g/mol. The summed E-state index contributed by atoms with van der Waals surface area (Å²) in [7, 11) is 1.62. The van der Waals surface area contributed by atoms with Crippen molar-refractivity contribution < 1.29 is 0 Å². The number of nitrogens with one attached hydrogen (secondary N) is 1. The lowest BCUT2D eigenvalue weighted by Gasteiger charge is -2.04. The highest BCUT2D eigenvalue weighted by Gasteiger charge is 2.04. The van der Waals surface area contributed by atoms with Crippen molar-refractivity contribution in [3.05, 3.63) is 43.9 Å². The molecule has 4 nitrogen and oxygen atoms in total. The minimum atomic E-state index is -0.238. The highest BCUT2D eigenvalue weighted by atomic mass is 35.5. The van der Waals surface area contributed by atoms with Crippen molar-refractivity contribution in [1.82, 2.24) is 9.55 Å². The molecule has 5 heteroatoms. The molecule has 0 unspecified atom stereocenters. The van der Waals surface area contributed by atoms with Gasteiger partial charge in [-0.25, -0.2) is 0 Å². The second kappa shape index (κ2) is 2.99. The van der Waals surface area contributed by atoms with Crippen LogP contribution in [0.25, 0.3) is 11.0 Å². The summed E-state index contributed by atoms with van der Waals surface area (Å²) in [4.78, 5) is 24.9. The largest absolute Gasteiger partial charge is 0.319 e. The number of nitrogens with zero attached hydrogens (tertiary/aromatic N) is 1. The molecule has 1 N–H and O–H groups in total. The Morgan fingerprint density at radius 2 is 2.07 bits per heavy atom. The second-order valence-electron chi connectivity index (χ2n) is 2.97. The Balaban J connectivity index is 3.09. The average Bonchev–Trinajstić information content (AvgIpc) is 2.14. The van der Waals surface area contributed by atoms with E-state index in [1.54, 1.807) is 13.1 Å². The van der Waals surface area contributed by atoms with E-state index in [0.29, 0.717) is 11.0 Å². The SMILES string of the molecule is Cn1c(=O)cc(Cl)c2[nH]c(=O)ccc21. The van der Waals surface area contributed by atoms with Gasteiger partial charge < -0.3 is 9.55 Å². The molecule has 2 aromatic heterocycles. The van der Waals surface area contributed by atoms with Crippen LogP contribution in [0.1, 0.15) is 0 Å². The predicted molar refractivity (Wildman–Crippen MR) is 54.8 cm³/mol. The first-order chi connectivity index (χ1) is 6.59. The van der Waals surface area contributed by atoms with E-state index >= 15 is 0 Å². The Labute approximate surface area is 83.8 Å². The van der Waals surface area contributed by atoms with Gasteiger partial charge in [0.2, 0.25) is 5.56 Å². The van der Waals surface area contributed by atoms with Gasteiger partial charge in [-0.15, -0.1) is 0 Å². The van der Waals surface area contributed by atoms with Crippen LogP contribution in [-0.2, 0) is 7.05 Å². The number of hydrogen-bond donors (Lipinski definition) is 1. The standard InChI is InChI=1S/C9H7ClN2O2/c1-12-6-2-3-7(13)11-9(6)5(10)4-8(12)14/h2-4H,1H3,(H,11,13). The van der Waals surface area contributed by atoms with E-state index in [-0.39, 0.29) is 16.1 Å². The topological polar surface area (TPSA) is 54.9 Å². The molecule has 0 amide bonds. The van der Waals surface area contributed by atoms with Crippen molar-refractivity contribution in [3.8, 4) is 0 Å². The summed E-state index contributed by atoms with van der Waals surface area (Å²) in [6.07, 6.45) is 0. The quantitative estimate of drug-likeness (QED) is 0.702. The first-order valence-corrected chi connectivity index (χ1v) is 4.36. The van der Waals surface area contributed by atoms with Gasteiger partial charge in [0, 0.05) is 19.2 Å². The summed E-state index contributed by atoms with van der Waals surface area (Å²) in [6.45, 7) is 0. The third-order valence-corrected chi connectivity index (χ3v) is 2.38. The van der Waals surface area contributed by atoms with Gasteiger partial charge in [-0.1, -0.05) is 11.6 Å². The van der Waals surface area contributed by atoms with Crippen LogP contribution in [0.5, 0.6) is 0 Å². The van der Waals surface area contributed by atoms with E-state index in [2.05, 4.69) is 4.98 Å². The van der Waals surface area contributed by atoms with Gasteiger partial charge in [0.15, 0.2) is 0 Å². The summed E-state index contributed by atoms with van der Waals surface area (Å²) >= 11 is 5.82. The fourth-order valence-corrected chi connectivity index (χ4v) is 1.56. The maximum absolute atomic E-state index is 11.3. The van der Waals surface area contributed by atoms with E-state index in [1.807, 2.05) is 0 Å². The van der Waals surface area contributed by atoms with E-state index in [4.69, 9.17) is 11.6 Å². The molecular formula is C9H7ClN2O2. The molecule has 0 spiro atoms. The smallest absolute Gasteiger partial charge is 0.252 e. The van der Waals surface area contributed by atoms with Crippen LogP contribution < -0.4 is 11.1 Å². The van der Waals surface area contributed by atoms with Gasteiger partial charge in [-0.05, 0) is 6.07 Å². The summed E-state index contributed by atoms with van der Waals surface area (Å²) < 4.78 is 1.43. The number of fused-ring (bicyclic) bond motifs is 1. The number of aromatic nitrogens is 2. The van der Waals surface area contributed by atoms with E-state index in [9.17, 15) is 9.59 Å². The molecule has 2 heterocycles. The zero-order valence-corrected chi connectivity index (χ0v) is 8.13. The van der Waals surface area contributed by atoms with Gasteiger partial charge in [-0.2, -0.15) is 0 Å². The molecule has 0 aliphatic rings. The minimum Gasteiger partial charge on any atom is -0.319 e. The number of hydrogen-bond acceptors (Lipinski definition) is 2. The lowest BCUT2D eigenvalue weighted by atomic mass is 10.3. The molecule has 0 radical (unpaired) electrons. The van der Waals surface area contributed by atoms with Crippen molar-refractivity contribution in [1.29, 1.82) is 0 Å². The van der Waals surface area contributed by atoms with Crippen molar-refractivity contribution in [3.63, 3.8) is 0 Å². The van der Waals surface area contributed by atoms with Crippen molar-refractivity contribution >= 4 is 22.6 Å². The Morgan fingerprint density at radius 1 is 1.36 bits per heavy atom. The van der Waals surface area contributed by atoms with Crippen LogP contribution in [0.15, 0.2) is 27.8 Å². The number of aromatic amines is 1. The monoisotopic (exact) mass is 210 g/mol. The van der Waals surface area contributed by atoms with E-state index in [0.717, 1.165) is 0 Å². The molecular weight excluding hydrogens is 204 g/mol. The summed E-state index contributed by atoms with van der Waals surface area (Å²) in [5, 5.41) is 0.265. The van der Waals surface area contributed by atoms with Gasteiger partial charge in [0.25, 0.3) is 5.56 Å². The van der Waals surface area contributed by atoms with Gasteiger partial charge >= 0.3 is 0 Å². The molecule has 0 aliphatic carbocycles. The van der Waals surface area contributed by atoms with Gasteiger partial charge in [-0.3, -0.25) is 9.59 Å². The van der Waals surface area contributed by atoms with Crippen LogP contribution in [0.2, 0.25) is 5.02 Å². The number of rotatable bonds is 0. The lowest BCUT2D eigenvalue weighted by molar-refractivity contribution is 0.902. The fourth-order valence-electron chi connectivity index (χ4n) is 1.32. The molecule has 0 saturated heterocycles. The highest BCUT2D eigenvalue weighted by molar-refractivity contribution is 6.34. The Bertz CT molecular complexity index is 612. The van der Waals surface area contributed by atoms with Crippen molar-refractivity contribution in [2.45, 2.75) is 0 Å². The Kier molecular flexibility index (Phi) is 1.93. The lowest BCUT2D eigenvalue weighted by Crippen LogP contribution is -2.17. The normalized spacial score (nSPS) is 10.7. The molecule has 2 aromatic rings. The van der Waals surface area contributed by atoms with E-state index < -0.39 is 0 Å². The molecule has 0 saturated carbocycles. The fraction of sp³-hybridized carbons (Fsp3) is 0.111. The Morgan fingerprint density at radius 3 is 2.79 bits per heavy atom. The maximum atomic E-state index is 11.3. The first-order valence-electron chi connectivity index (χ1n) is 3.98. The molecule has 2 rings (SSSR count). The van der Waals surface area contributed by atoms with Gasteiger partial charge in [0.05, 0.1) is 16.1 Å². The number of pyridine rings is 2. The summed E-state index contributed by atoms with van der Waals surface area (Å²) in [6, 6.07) is 4.21. The molecule has 0 fully saturated rings. The Hall–Kier alpha value is -1.55. The van der Waals surface area contributed by atoms with Crippen LogP contribution >= 0.6 is 11.6 Å². The minimum absolute atomic E-state index is 0.199. The molecule has 0 aromatic carbocycles. The second-order valence-corrected chi connectivity index (χ2v) is 3.38. The van der Waals surface area contributed by atoms with E-state index in [1.165, 1.54) is 16.7 Å². The third-order valence-electron chi connectivity index (χ3n) is 2.08. The van der Waals surface area contributed by atoms with Gasteiger partial charge in [0.1, 0.15) is 0 Å². The maximum Gasteiger partial charge on any atom is 0.252 e. The van der Waals surface area contributed by atoms with Crippen LogP contribution in [0, 0.1) is 0 Å². The zero-order chi connectivity index (χ0) is 10.3. The van der Waals surface area contributed by atoms with Crippen LogP contribution in [0.4, 0.5) is 0 Å². The summed E-state index contributed by atoms with van der Waals surface area (Å²) in [5.41, 5.74) is 0.663.